The van der Waals surface area contributed by atoms with E-state index >= 15 is 0 Å². The van der Waals surface area contributed by atoms with Crippen LogP contribution < -0.4 is 164 Å². The zero-order valence-electron chi connectivity index (χ0n) is 12.5. The van der Waals surface area contributed by atoms with Crippen LogP contribution in [0.3, 0.4) is 0 Å². The Morgan fingerprint density at radius 2 is 1.14 bits per heavy atom. The molecule has 108 valence electrons. The summed E-state index contributed by atoms with van der Waals surface area (Å²) >= 11 is 0. The Morgan fingerprint density at radius 1 is 0.909 bits per heavy atom. The minimum Gasteiger partial charge on any atom is -0.744 e. The predicted molar refractivity (Wildman–Crippen MR) is 55.2 cm³/mol. The molecule has 0 unspecified atom stereocenters. The third-order valence-electron chi connectivity index (χ3n) is 1.31. The molecule has 0 aliphatic carbocycles. The van der Waals surface area contributed by atoms with E-state index in [1.807, 2.05) is 6.92 Å². The van der Waals surface area contributed by atoms with E-state index in [1.54, 1.807) is 12.1 Å². The summed E-state index contributed by atoms with van der Waals surface area (Å²) in [6, 6.07) is 5.78. The molecule has 1 aromatic rings. The molecule has 0 amide bonds. The molecule has 0 fully saturated rings. The third-order valence-corrected chi connectivity index (χ3v) is 2.16. The predicted octanol–water partition coefficient (Wildman–Crippen LogP) is -10.3. The first kappa shape index (κ1) is 35.6. The summed E-state index contributed by atoms with van der Waals surface area (Å²) < 4.78 is 31.2. The SMILES string of the molecule is Cc1ccc(S(=O)(=O)[O-])cc1.O=C([O-])O.O=C([O-])O.[K+].[K+].[K+]. The first-order valence-corrected chi connectivity index (χ1v) is 5.70. The number of aryl methyl sites for hydroxylation is 1. The van der Waals surface area contributed by atoms with Crippen molar-refractivity contribution in [3.05, 3.63) is 29.8 Å². The van der Waals surface area contributed by atoms with E-state index in [1.165, 1.54) is 12.1 Å². The molecule has 0 bridgehead atoms. The molecule has 0 spiro atoms. The topological polar surface area (TPSA) is 178 Å². The Hall–Kier alpha value is 2.58. The molecule has 0 aliphatic rings. The minimum atomic E-state index is -4.27. The van der Waals surface area contributed by atoms with Crippen molar-refractivity contribution in [1.29, 1.82) is 0 Å². The average molecular weight is 411 g/mol. The fraction of sp³-hybridized carbons (Fsp3) is 0.111. The van der Waals surface area contributed by atoms with Crippen LogP contribution in [0.4, 0.5) is 9.59 Å². The number of carboxylic acid groups (broad SMARTS) is 4. The second-order valence-electron chi connectivity index (χ2n) is 2.80. The second kappa shape index (κ2) is 19.9. The van der Waals surface area contributed by atoms with Crippen LogP contribution in [0, 0.1) is 6.92 Å². The fourth-order valence-corrected chi connectivity index (χ4v) is 1.17. The van der Waals surface area contributed by atoms with E-state index in [2.05, 4.69) is 0 Å². The van der Waals surface area contributed by atoms with Crippen LogP contribution in [-0.4, -0.2) is 35.5 Å². The molecule has 13 heteroatoms. The van der Waals surface area contributed by atoms with Crippen LogP contribution in [0.1, 0.15) is 5.56 Å². The number of hydrogen-bond acceptors (Lipinski definition) is 7. The molecule has 2 N–H and O–H groups in total. The minimum absolute atomic E-state index is 0. The van der Waals surface area contributed by atoms with Crippen molar-refractivity contribution in [2.24, 2.45) is 0 Å². The standard InChI is InChI=1S/C7H8O3S.2CH2O3.3K/c1-6-2-4-7(5-3-6)11(8,9)10;2*2-1(3)4;;;/h2-5H,1H3,(H,8,9,10);2*(H2,2,3,4);;;/q;;;3*+1/p-3. The van der Waals surface area contributed by atoms with Crippen LogP contribution in [0.25, 0.3) is 0 Å². The molecule has 0 atom stereocenters. The van der Waals surface area contributed by atoms with E-state index in [0.29, 0.717) is 0 Å². The summed E-state index contributed by atoms with van der Waals surface area (Å²) in [6.45, 7) is 1.82. The van der Waals surface area contributed by atoms with Gasteiger partial charge in [-0.25, -0.2) is 8.42 Å². The van der Waals surface area contributed by atoms with Crippen molar-refractivity contribution in [3.63, 3.8) is 0 Å². The summed E-state index contributed by atoms with van der Waals surface area (Å²) in [5.74, 6) is 0. The molecular weight excluding hydrogens is 401 g/mol. The summed E-state index contributed by atoms with van der Waals surface area (Å²) in [5.41, 5.74) is 0.928. The van der Waals surface area contributed by atoms with Gasteiger partial charge in [-0.2, -0.15) is 0 Å². The van der Waals surface area contributed by atoms with Crippen molar-refractivity contribution in [1.82, 2.24) is 0 Å². The third kappa shape index (κ3) is 30.5. The Kier molecular flexibility index (Phi) is 32.2. The van der Waals surface area contributed by atoms with E-state index in [4.69, 9.17) is 30.0 Å². The van der Waals surface area contributed by atoms with Gasteiger partial charge in [-0.15, -0.1) is 0 Å². The summed E-state index contributed by atoms with van der Waals surface area (Å²) in [7, 11) is -4.27. The molecule has 0 saturated heterocycles. The van der Waals surface area contributed by atoms with E-state index in [-0.39, 0.29) is 159 Å². The first-order chi connectivity index (χ1) is 8.46. The average Bonchev–Trinajstić information content (AvgIpc) is 2.14. The van der Waals surface area contributed by atoms with Gasteiger partial charge >= 0.3 is 154 Å². The van der Waals surface area contributed by atoms with Crippen molar-refractivity contribution >= 4 is 22.4 Å². The Bertz CT molecular complexity index is 496. The quantitative estimate of drug-likeness (QED) is 0.336. The van der Waals surface area contributed by atoms with Crippen molar-refractivity contribution in [2.75, 3.05) is 0 Å². The number of benzene rings is 1. The van der Waals surface area contributed by atoms with Crippen molar-refractivity contribution in [3.8, 4) is 0 Å². The van der Waals surface area contributed by atoms with Crippen LogP contribution in [0.5, 0.6) is 0 Å². The Labute approximate surface area is 254 Å². The van der Waals surface area contributed by atoms with Gasteiger partial charge < -0.3 is 34.6 Å². The molecule has 0 heterocycles. The number of rotatable bonds is 1. The maximum Gasteiger partial charge on any atom is 1.00 e. The van der Waals surface area contributed by atoms with Crippen LogP contribution >= 0.6 is 0 Å². The first-order valence-electron chi connectivity index (χ1n) is 4.29. The van der Waals surface area contributed by atoms with Gasteiger partial charge in [0.25, 0.3) is 0 Å². The van der Waals surface area contributed by atoms with Gasteiger partial charge in [0, 0.05) is 0 Å². The summed E-state index contributed by atoms with van der Waals surface area (Å²) in [5, 5.41) is 30.6. The largest absolute Gasteiger partial charge is 1.00 e. The maximum absolute atomic E-state index is 10.4. The zero-order valence-corrected chi connectivity index (χ0v) is 22.7. The molecule has 22 heavy (non-hydrogen) atoms. The van der Waals surface area contributed by atoms with E-state index in [0.717, 1.165) is 5.56 Å². The monoisotopic (exact) mass is 410 g/mol. The van der Waals surface area contributed by atoms with Gasteiger partial charge in [0.1, 0.15) is 10.1 Å². The molecular formula is C9H9K3O9S. The van der Waals surface area contributed by atoms with Gasteiger partial charge in [0.05, 0.1) is 4.90 Å². The summed E-state index contributed by atoms with van der Waals surface area (Å²) in [6.07, 6.45) is -4.17. The van der Waals surface area contributed by atoms with Crippen molar-refractivity contribution in [2.45, 2.75) is 11.8 Å². The van der Waals surface area contributed by atoms with E-state index < -0.39 is 22.4 Å². The molecule has 9 nitrogen and oxygen atoms in total. The van der Waals surface area contributed by atoms with Gasteiger partial charge in [0.2, 0.25) is 12.3 Å². The zero-order chi connectivity index (χ0) is 15.6. The van der Waals surface area contributed by atoms with Crippen LogP contribution in [-0.2, 0) is 10.1 Å². The van der Waals surface area contributed by atoms with Gasteiger partial charge in [0.15, 0.2) is 0 Å². The number of hydrogen-bond donors (Lipinski definition) is 2. The molecule has 0 aromatic heterocycles. The van der Waals surface area contributed by atoms with Gasteiger partial charge in [-0.05, 0) is 19.1 Å². The van der Waals surface area contributed by atoms with Crippen LogP contribution in [0.2, 0.25) is 0 Å². The van der Waals surface area contributed by atoms with Gasteiger partial charge in [-0.3, -0.25) is 0 Å². The fourth-order valence-electron chi connectivity index (χ4n) is 0.705. The van der Waals surface area contributed by atoms with Crippen LogP contribution in [0.15, 0.2) is 29.2 Å². The normalized spacial score (nSPS) is 7.91. The maximum atomic E-state index is 10.4. The van der Waals surface area contributed by atoms with Crippen molar-refractivity contribution < 1.29 is 197 Å². The molecule has 1 aromatic carbocycles. The smallest absolute Gasteiger partial charge is 0.744 e. The van der Waals surface area contributed by atoms with Gasteiger partial charge in [-0.1, -0.05) is 17.7 Å². The summed E-state index contributed by atoms with van der Waals surface area (Å²) in [4.78, 5) is 16.7. The Balaban J connectivity index is -0.0000000756. The molecule has 0 radical (unpaired) electrons. The Morgan fingerprint density at radius 3 is 1.32 bits per heavy atom. The molecule has 0 saturated carbocycles. The second-order valence-corrected chi connectivity index (χ2v) is 4.18. The molecule has 0 aliphatic heterocycles. The van der Waals surface area contributed by atoms with E-state index in [9.17, 15) is 13.0 Å². The number of carbonyl (C=O) groups is 2. The molecule has 1 rings (SSSR count).